The lowest BCUT2D eigenvalue weighted by Gasteiger charge is -2.14. The highest BCUT2D eigenvalue weighted by molar-refractivity contribution is 5.89. The van der Waals surface area contributed by atoms with Gasteiger partial charge in [-0.25, -0.2) is 4.79 Å². The van der Waals surface area contributed by atoms with Crippen molar-refractivity contribution < 1.29 is 31.9 Å². The minimum absolute atomic E-state index is 0.0795. The number of carbonyl (C=O) groups excluding carboxylic acids is 1. The number of fused-ring (bicyclic) bond motifs is 1. The summed E-state index contributed by atoms with van der Waals surface area (Å²) in [6.45, 7) is 7.66. The lowest BCUT2D eigenvalue weighted by Crippen LogP contribution is -2.15. The van der Waals surface area contributed by atoms with E-state index in [9.17, 15) is 22.8 Å². The average molecular weight is 523 g/mol. The van der Waals surface area contributed by atoms with Gasteiger partial charge in [-0.15, -0.1) is 0 Å². The smallest absolute Gasteiger partial charge is 0.449 e. The fraction of sp³-hybridized carbons (Fsp3) is 0.200. The molecule has 5 nitrogen and oxygen atoms in total. The molecule has 0 aliphatic carbocycles. The number of hydrogen-bond acceptors (Lipinski definition) is 5. The molecule has 38 heavy (non-hydrogen) atoms. The second-order valence-corrected chi connectivity index (χ2v) is 9.25. The molecule has 0 atom stereocenters. The zero-order valence-electron chi connectivity index (χ0n) is 21.2. The van der Waals surface area contributed by atoms with Crippen LogP contribution in [0.3, 0.4) is 0 Å². The second kappa shape index (κ2) is 10.6. The van der Waals surface area contributed by atoms with E-state index in [4.69, 9.17) is 13.9 Å². The molecule has 0 fully saturated rings. The average Bonchev–Trinajstić information content (AvgIpc) is 2.83. The van der Waals surface area contributed by atoms with E-state index in [-0.39, 0.29) is 16.9 Å². The molecule has 4 aromatic rings. The summed E-state index contributed by atoms with van der Waals surface area (Å²) in [5.41, 5.74) is 2.05. The van der Waals surface area contributed by atoms with Crippen LogP contribution in [0.15, 0.2) is 76.0 Å². The highest BCUT2D eigenvalue weighted by Gasteiger charge is 2.40. The first kappa shape index (κ1) is 26.7. The third-order valence-corrected chi connectivity index (χ3v) is 5.73. The molecule has 0 aliphatic heterocycles. The van der Waals surface area contributed by atoms with Crippen LogP contribution in [0.1, 0.15) is 47.8 Å². The summed E-state index contributed by atoms with van der Waals surface area (Å²) in [5, 5.41) is -0.155. The zero-order chi connectivity index (χ0) is 27.6. The number of alkyl halides is 3. The largest absolute Gasteiger partial charge is 0.453 e. The van der Waals surface area contributed by atoms with E-state index in [0.717, 1.165) is 28.3 Å². The normalized spacial score (nSPS) is 11.9. The van der Waals surface area contributed by atoms with Crippen molar-refractivity contribution in [3.8, 4) is 17.2 Å². The monoisotopic (exact) mass is 522 g/mol. The Balaban J connectivity index is 1.63. The zero-order valence-corrected chi connectivity index (χ0v) is 21.2. The summed E-state index contributed by atoms with van der Waals surface area (Å²) >= 11 is 0. The molecule has 8 heteroatoms. The van der Waals surface area contributed by atoms with Gasteiger partial charge in [0.1, 0.15) is 17.1 Å². The minimum atomic E-state index is -5.01. The Kier molecular flexibility index (Phi) is 7.44. The Morgan fingerprint density at radius 2 is 1.58 bits per heavy atom. The van der Waals surface area contributed by atoms with Crippen molar-refractivity contribution in [2.75, 3.05) is 0 Å². The first-order chi connectivity index (χ1) is 17.9. The number of hydrogen-bond donors (Lipinski definition) is 0. The van der Waals surface area contributed by atoms with E-state index in [1.807, 2.05) is 30.3 Å². The maximum atomic E-state index is 13.9. The number of aryl methyl sites for hydroxylation is 2. The van der Waals surface area contributed by atoms with Gasteiger partial charge in [-0.1, -0.05) is 44.2 Å². The van der Waals surface area contributed by atoms with E-state index in [2.05, 4.69) is 13.8 Å². The third-order valence-electron chi connectivity index (χ3n) is 5.73. The number of benzene rings is 3. The topological polar surface area (TPSA) is 65.7 Å². The van der Waals surface area contributed by atoms with Gasteiger partial charge in [-0.3, -0.25) is 4.79 Å². The number of rotatable bonds is 6. The molecule has 1 aromatic heterocycles. The van der Waals surface area contributed by atoms with E-state index in [1.54, 1.807) is 19.9 Å². The Labute approximate surface area is 217 Å². The van der Waals surface area contributed by atoms with Crippen LogP contribution in [-0.2, 0) is 11.0 Å². The molecule has 0 unspecified atom stereocenters. The molecule has 3 aromatic carbocycles. The Hall–Kier alpha value is -4.33. The van der Waals surface area contributed by atoms with Gasteiger partial charge in [-0.2, -0.15) is 13.2 Å². The number of carbonyl (C=O) groups is 1. The van der Waals surface area contributed by atoms with Crippen LogP contribution in [0.5, 0.6) is 17.2 Å². The predicted molar refractivity (Wildman–Crippen MR) is 139 cm³/mol. The molecule has 0 spiro atoms. The molecule has 0 radical (unpaired) electrons. The first-order valence-electron chi connectivity index (χ1n) is 11.8. The minimum Gasteiger partial charge on any atom is -0.449 e. The summed E-state index contributed by atoms with van der Waals surface area (Å²) < 4.78 is 57.3. The third kappa shape index (κ3) is 6.14. The van der Waals surface area contributed by atoms with Crippen LogP contribution in [0.25, 0.3) is 17.0 Å². The second-order valence-electron chi connectivity index (χ2n) is 9.25. The van der Waals surface area contributed by atoms with Gasteiger partial charge >= 0.3 is 12.1 Å². The van der Waals surface area contributed by atoms with Crippen LogP contribution in [0.4, 0.5) is 13.2 Å². The van der Waals surface area contributed by atoms with Crippen molar-refractivity contribution in [3.63, 3.8) is 0 Å². The molecule has 0 bridgehead atoms. The highest BCUT2D eigenvalue weighted by Crippen LogP contribution is 2.39. The standard InChI is InChI=1S/C30H25F3O5/c1-17(2)21-8-5-20(6-9-21)7-12-26(34)36-22-10-11-24-25(16-22)38-29(30(31,32)33)28(27(24)35)37-23-14-18(3)13-19(4)15-23/h5-17H,1-4H3. The van der Waals surface area contributed by atoms with Gasteiger partial charge in [0.15, 0.2) is 0 Å². The number of ether oxygens (including phenoxy) is 2. The summed E-state index contributed by atoms with van der Waals surface area (Å²) in [6.07, 6.45) is -2.25. The van der Waals surface area contributed by atoms with Crippen molar-refractivity contribution in [2.24, 2.45) is 0 Å². The molecule has 0 saturated heterocycles. The first-order valence-corrected chi connectivity index (χ1v) is 11.8. The van der Waals surface area contributed by atoms with Crippen molar-refractivity contribution in [3.05, 3.63) is 105 Å². The molecule has 4 rings (SSSR count). The lowest BCUT2D eigenvalue weighted by molar-refractivity contribution is -0.154. The quantitative estimate of drug-likeness (QED) is 0.146. The molecular formula is C30H25F3O5. The van der Waals surface area contributed by atoms with Crippen LogP contribution in [0, 0.1) is 13.8 Å². The Morgan fingerprint density at radius 3 is 2.18 bits per heavy atom. The van der Waals surface area contributed by atoms with E-state index >= 15 is 0 Å². The highest BCUT2D eigenvalue weighted by atomic mass is 19.4. The molecule has 0 aliphatic rings. The van der Waals surface area contributed by atoms with Gasteiger partial charge in [0.25, 0.3) is 5.76 Å². The van der Waals surface area contributed by atoms with Crippen LogP contribution in [-0.4, -0.2) is 5.97 Å². The van der Waals surface area contributed by atoms with Gasteiger partial charge in [0.2, 0.25) is 11.2 Å². The maximum Gasteiger partial charge on any atom is 0.453 e. The number of esters is 1. The van der Waals surface area contributed by atoms with Crippen LogP contribution in [0.2, 0.25) is 0 Å². The van der Waals surface area contributed by atoms with E-state index in [0.29, 0.717) is 5.92 Å². The maximum absolute atomic E-state index is 13.9. The summed E-state index contributed by atoms with van der Waals surface area (Å²) in [7, 11) is 0. The number of halogens is 3. The Morgan fingerprint density at radius 1 is 0.921 bits per heavy atom. The Bertz CT molecular complexity index is 1560. The fourth-order valence-electron chi connectivity index (χ4n) is 3.92. The van der Waals surface area contributed by atoms with E-state index < -0.39 is 34.7 Å². The van der Waals surface area contributed by atoms with Crippen molar-refractivity contribution >= 4 is 23.0 Å². The molecule has 0 N–H and O–H groups in total. The molecule has 0 saturated carbocycles. The van der Waals surface area contributed by atoms with Gasteiger partial charge < -0.3 is 13.9 Å². The summed E-state index contributed by atoms with van der Waals surface area (Å²) in [5.74, 6) is -2.92. The van der Waals surface area contributed by atoms with Crippen molar-refractivity contribution in [1.82, 2.24) is 0 Å². The van der Waals surface area contributed by atoms with E-state index in [1.165, 1.54) is 30.3 Å². The van der Waals surface area contributed by atoms with Gasteiger partial charge in [0, 0.05) is 12.1 Å². The fourth-order valence-corrected chi connectivity index (χ4v) is 3.92. The molecule has 1 heterocycles. The molecule has 196 valence electrons. The van der Waals surface area contributed by atoms with Gasteiger partial charge in [0.05, 0.1) is 5.39 Å². The SMILES string of the molecule is Cc1cc(C)cc(Oc2c(C(F)(F)F)oc3cc(OC(=O)C=Cc4ccc(C(C)C)cc4)ccc3c2=O)c1. The molecular weight excluding hydrogens is 497 g/mol. The molecule has 0 amide bonds. The predicted octanol–water partition coefficient (Wildman–Crippen LogP) is 7.96. The summed E-state index contributed by atoms with van der Waals surface area (Å²) in [4.78, 5) is 25.3. The van der Waals surface area contributed by atoms with Crippen molar-refractivity contribution in [2.45, 2.75) is 39.8 Å². The van der Waals surface area contributed by atoms with Crippen LogP contribution < -0.4 is 14.9 Å². The van der Waals surface area contributed by atoms with Crippen LogP contribution >= 0.6 is 0 Å². The van der Waals surface area contributed by atoms with Crippen molar-refractivity contribution in [1.29, 1.82) is 0 Å². The summed E-state index contributed by atoms with van der Waals surface area (Å²) in [6, 6.07) is 16.1. The lowest BCUT2D eigenvalue weighted by atomic mass is 10.0. The van der Waals surface area contributed by atoms with Gasteiger partial charge in [-0.05, 0) is 72.4 Å².